The summed E-state index contributed by atoms with van der Waals surface area (Å²) in [6.45, 7) is 4.50. The Hall–Kier alpha value is -2.15. The van der Waals surface area contributed by atoms with Gasteiger partial charge in [0.15, 0.2) is 0 Å². The monoisotopic (exact) mass is 473 g/mol. The van der Waals surface area contributed by atoms with E-state index in [1.165, 1.54) is 23.6 Å². The zero-order chi connectivity index (χ0) is 24.2. The number of fused-ring (bicyclic) bond motifs is 1. The molecule has 1 saturated heterocycles. The Bertz CT molecular complexity index is 798. The highest BCUT2D eigenvalue weighted by molar-refractivity contribution is 8.03. The largest absolute Gasteiger partial charge is 0.477 e. The third-order valence-corrected chi connectivity index (χ3v) is 6.76. The van der Waals surface area contributed by atoms with Gasteiger partial charge in [-0.3, -0.25) is 14.4 Å². The maximum Gasteiger partial charge on any atom is 0.353 e. The molecule has 2 rings (SSSR count). The number of hydrogen-bond donors (Lipinski definition) is 6. The first-order valence-corrected chi connectivity index (χ1v) is 11.3. The molecule has 3 amide bonds. The van der Waals surface area contributed by atoms with Crippen LogP contribution in [0.2, 0.25) is 0 Å². The summed E-state index contributed by atoms with van der Waals surface area (Å²) in [4.78, 5) is 49.3. The summed E-state index contributed by atoms with van der Waals surface area (Å²) >= 11 is 1.25. The van der Waals surface area contributed by atoms with Crippen LogP contribution >= 0.6 is 11.8 Å². The fourth-order valence-corrected chi connectivity index (χ4v) is 4.71. The summed E-state index contributed by atoms with van der Waals surface area (Å²) in [5.41, 5.74) is -1.05. The normalized spacial score (nSPS) is 22.2. The van der Waals surface area contributed by atoms with E-state index >= 15 is 0 Å². The number of nitrogens with one attached hydrogen (secondary N) is 2. The number of aliphatic carboxylic acids is 1. The molecule has 11 nitrogen and oxygen atoms in total. The van der Waals surface area contributed by atoms with E-state index in [2.05, 4.69) is 10.6 Å². The Morgan fingerprint density at radius 3 is 2.44 bits per heavy atom. The number of carbonyl (C=O) groups excluding carboxylic acids is 3. The standard InChI is InChI=1S/C20H31N3O8S/c1-10(25)14-11-8-12(15(19(30)31)23(11)18(14)29)32-7-6-21-13(26)4-5-22-17(28)16(27)20(2,3)9-24/h10-11,14,16,24-25,27H,4-9H2,1-3H3,(H,21,26)(H,22,28)(H,30,31). The fraction of sp³-hybridized carbons (Fsp3) is 0.700. The maximum absolute atomic E-state index is 12.2. The SMILES string of the molecule is CC(O)C1C(=O)N2C(C(=O)O)=C(SCCNC(=O)CCNC(=O)C(O)C(C)(C)CO)CC12. The molecule has 6 N–H and O–H groups in total. The van der Waals surface area contributed by atoms with Crippen LogP contribution in [-0.4, -0.2) is 92.7 Å². The van der Waals surface area contributed by atoms with Crippen LogP contribution in [0.15, 0.2) is 10.6 Å². The van der Waals surface area contributed by atoms with Gasteiger partial charge in [-0.1, -0.05) is 13.8 Å². The van der Waals surface area contributed by atoms with Crippen molar-refractivity contribution >= 4 is 35.5 Å². The first kappa shape index (κ1) is 26.1. The Morgan fingerprint density at radius 2 is 1.88 bits per heavy atom. The summed E-state index contributed by atoms with van der Waals surface area (Å²) < 4.78 is 0. The number of aliphatic hydroxyl groups is 3. The van der Waals surface area contributed by atoms with E-state index in [1.54, 1.807) is 13.8 Å². The van der Waals surface area contributed by atoms with Crippen molar-refractivity contribution in [2.75, 3.05) is 25.4 Å². The highest BCUT2D eigenvalue weighted by Gasteiger charge is 2.56. The van der Waals surface area contributed by atoms with Gasteiger partial charge in [0.2, 0.25) is 17.7 Å². The number of rotatable bonds is 12. The van der Waals surface area contributed by atoms with E-state index < -0.39 is 35.4 Å². The van der Waals surface area contributed by atoms with Crippen molar-refractivity contribution in [1.29, 1.82) is 0 Å². The quantitative estimate of drug-likeness (QED) is 0.147. The lowest BCUT2D eigenvalue weighted by Crippen LogP contribution is -2.61. The molecular formula is C20H31N3O8S. The van der Waals surface area contributed by atoms with Gasteiger partial charge in [0.1, 0.15) is 11.8 Å². The van der Waals surface area contributed by atoms with E-state index in [0.717, 1.165) is 0 Å². The second-order valence-electron chi connectivity index (χ2n) is 8.61. The zero-order valence-corrected chi connectivity index (χ0v) is 19.1. The van der Waals surface area contributed by atoms with Gasteiger partial charge in [0.05, 0.1) is 24.7 Å². The first-order chi connectivity index (χ1) is 14.9. The van der Waals surface area contributed by atoms with Crippen molar-refractivity contribution in [3.8, 4) is 0 Å². The molecule has 0 spiro atoms. The minimum absolute atomic E-state index is 0.00776. The van der Waals surface area contributed by atoms with E-state index in [-0.39, 0.29) is 49.7 Å². The van der Waals surface area contributed by atoms with Crippen LogP contribution in [0.4, 0.5) is 0 Å². The highest BCUT2D eigenvalue weighted by atomic mass is 32.2. The molecule has 12 heteroatoms. The average molecular weight is 474 g/mol. The molecule has 2 heterocycles. The lowest BCUT2D eigenvalue weighted by Gasteiger charge is -2.44. The average Bonchev–Trinajstić information content (AvgIpc) is 3.04. The first-order valence-electron chi connectivity index (χ1n) is 10.4. The molecule has 180 valence electrons. The summed E-state index contributed by atoms with van der Waals surface area (Å²) in [5, 5.41) is 43.4. The number of carboxylic acids is 1. The van der Waals surface area contributed by atoms with Crippen LogP contribution in [0.3, 0.4) is 0 Å². The van der Waals surface area contributed by atoms with E-state index in [4.69, 9.17) is 0 Å². The Balaban J connectivity index is 1.73. The van der Waals surface area contributed by atoms with Crippen molar-refractivity contribution in [2.24, 2.45) is 11.3 Å². The van der Waals surface area contributed by atoms with Crippen molar-refractivity contribution in [1.82, 2.24) is 15.5 Å². The maximum atomic E-state index is 12.2. The molecule has 0 saturated carbocycles. The van der Waals surface area contributed by atoms with Gasteiger partial charge in [-0.2, -0.15) is 0 Å². The van der Waals surface area contributed by atoms with Gasteiger partial charge in [-0.05, 0) is 6.92 Å². The lowest BCUT2D eigenvalue weighted by molar-refractivity contribution is -0.161. The smallest absolute Gasteiger partial charge is 0.353 e. The van der Waals surface area contributed by atoms with Gasteiger partial charge < -0.3 is 36.0 Å². The van der Waals surface area contributed by atoms with Gasteiger partial charge >= 0.3 is 5.97 Å². The third-order valence-electron chi connectivity index (χ3n) is 5.64. The number of β-lactam (4-membered cyclic amide) rings is 1. The molecule has 0 aromatic heterocycles. The molecule has 4 unspecified atom stereocenters. The number of carboxylic acid groups (broad SMARTS) is 1. The molecule has 4 atom stereocenters. The van der Waals surface area contributed by atoms with Crippen molar-refractivity contribution < 1.29 is 39.6 Å². The number of carbonyl (C=O) groups is 4. The van der Waals surface area contributed by atoms with E-state index in [1.807, 2.05) is 0 Å². The minimum Gasteiger partial charge on any atom is -0.477 e. The van der Waals surface area contributed by atoms with Crippen LogP contribution in [0.5, 0.6) is 0 Å². The van der Waals surface area contributed by atoms with E-state index in [9.17, 15) is 39.6 Å². The van der Waals surface area contributed by atoms with Crippen LogP contribution in [0.1, 0.15) is 33.6 Å². The zero-order valence-electron chi connectivity index (χ0n) is 18.3. The Labute approximate surface area is 190 Å². The predicted octanol–water partition coefficient (Wildman–Crippen LogP) is -1.37. The number of hydrogen-bond acceptors (Lipinski definition) is 8. The molecule has 0 radical (unpaired) electrons. The predicted molar refractivity (Wildman–Crippen MR) is 115 cm³/mol. The molecule has 32 heavy (non-hydrogen) atoms. The highest BCUT2D eigenvalue weighted by Crippen LogP contribution is 2.46. The van der Waals surface area contributed by atoms with Gasteiger partial charge in [0, 0.05) is 42.0 Å². The molecule has 0 bridgehead atoms. The second-order valence-corrected chi connectivity index (χ2v) is 9.80. The number of aliphatic hydroxyl groups excluding tert-OH is 3. The number of amides is 3. The van der Waals surface area contributed by atoms with Crippen molar-refractivity contribution in [2.45, 2.75) is 51.9 Å². The van der Waals surface area contributed by atoms with E-state index in [0.29, 0.717) is 17.1 Å². The Kier molecular flexibility index (Phi) is 8.68. The lowest BCUT2D eigenvalue weighted by atomic mass is 9.83. The third kappa shape index (κ3) is 5.61. The second kappa shape index (κ2) is 10.6. The van der Waals surface area contributed by atoms with Crippen LogP contribution in [0, 0.1) is 11.3 Å². The molecular weight excluding hydrogens is 442 g/mol. The van der Waals surface area contributed by atoms with Crippen LogP contribution in [-0.2, 0) is 19.2 Å². The topological polar surface area (TPSA) is 176 Å². The molecule has 2 aliphatic rings. The minimum atomic E-state index is -1.40. The van der Waals surface area contributed by atoms with Gasteiger partial charge in [0.25, 0.3) is 0 Å². The fourth-order valence-electron chi connectivity index (χ4n) is 3.65. The van der Waals surface area contributed by atoms with Crippen molar-refractivity contribution in [3.05, 3.63) is 10.6 Å². The summed E-state index contributed by atoms with van der Waals surface area (Å²) in [5.74, 6) is -2.79. The summed E-state index contributed by atoms with van der Waals surface area (Å²) in [6.07, 6.45) is -1.90. The molecule has 0 aromatic carbocycles. The Morgan fingerprint density at radius 1 is 1.22 bits per heavy atom. The molecule has 1 fully saturated rings. The van der Waals surface area contributed by atoms with Crippen molar-refractivity contribution in [3.63, 3.8) is 0 Å². The van der Waals surface area contributed by atoms with Gasteiger partial charge in [-0.15, -0.1) is 11.8 Å². The summed E-state index contributed by atoms with van der Waals surface area (Å²) in [6, 6.07) is -0.347. The van der Waals surface area contributed by atoms with Crippen LogP contribution in [0.25, 0.3) is 0 Å². The molecule has 2 aliphatic heterocycles. The molecule has 0 aromatic rings. The summed E-state index contributed by atoms with van der Waals surface area (Å²) in [7, 11) is 0. The number of thioether (sulfide) groups is 1. The van der Waals surface area contributed by atoms with Gasteiger partial charge in [-0.25, -0.2) is 4.79 Å². The van der Waals surface area contributed by atoms with Crippen LogP contribution < -0.4 is 10.6 Å². The molecule has 0 aliphatic carbocycles. The number of nitrogens with zero attached hydrogens (tertiary/aromatic N) is 1.